The van der Waals surface area contributed by atoms with Gasteiger partial charge in [0.05, 0.1) is 0 Å². The first kappa shape index (κ1) is 15.5. The molecule has 0 saturated heterocycles. The molecule has 0 aliphatic heterocycles. The summed E-state index contributed by atoms with van der Waals surface area (Å²) >= 11 is 0. The zero-order valence-electron chi connectivity index (χ0n) is 13.3. The second-order valence-corrected chi connectivity index (χ2v) is 5.40. The van der Waals surface area contributed by atoms with Crippen molar-refractivity contribution in [2.45, 2.75) is 40.2 Å². The van der Waals surface area contributed by atoms with Crippen molar-refractivity contribution in [2.24, 2.45) is 0 Å². The molecule has 1 heterocycles. The molecule has 21 heavy (non-hydrogen) atoms. The lowest BCUT2D eigenvalue weighted by Gasteiger charge is -2.15. The van der Waals surface area contributed by atoms with Crippen molar-refractivity contribution in [2.75, 3.05) is 6.54 Å². The lowest BCUT2D eigenvalue weighted by Crippen LogP contribution is -2.19. The highest BCUT2D eigenvalue weighted by atomic mass is 16.5. The second kappa shape index (κ2) is 7.23. The molecule has 1 aromatic heterocycles. The quantitative estimate of drug-likeness (QED) is 0.845. The largest absolute Gasteiger partial charge is 0.439 e. The van der Waals surface area contributed by atoms with Crippen LogP contribution in [0.1, 0.15) is 43.0 Å². The summed E-state index contributed by atoms with van der Waals surface area (Å²) in [4.78, 5) is 4.32. The number of nitrogens with one attached hydrogen (secondary N) is 1. The molecule has 0 radical (unpaired) electrons. The number of pyridine rings is 1. The van der Waals surface area contributed by atoms with Gasteiger partial charge in [-0.05, 0) is 62.6 Å². The highest BCUT2D eigenvalue weighted by Gasteiger charge is 2.08. The fourth-order valence-corrected chi connectivity index (χ4v) is 2.18. The smallest absolute Gasteiger partial charge is 0.219 e. The molecular weight excluding hydrogens is 260 g/mol. The Morgan fingerprint density at radius 3 is 2.81 bits per heavy atom. The van der Waals surface area contributed by atoms with Crippen molar-refractivity contribution < 1.29 is 4.74 Å². The summed E-state index contributed by atoms with van der Waals surface area (Å²) in [5, 5.41) is 3.48. The van der Waals surface area contributed by atoms with E-state index in [2.05, 4.69) is 44.1 Å². The average molecular weight is 284 g/mol. The Kier molecular flexibility index (Phi) is 5.34. The summed E-state index contributed by atoms with van der Waals surface area (Å²) in [6.07, 6.45) is 2.93. The van der Waals surface area contributed by atoms with Crippen LogP contribution in [-0.4, -0.2) is 11.5 Å². The molecule has 3 heteroatoms. The average Bonchev–Trinajstić information content (AvgIpc) is 2.50. The molecule has 2 aromatic rings. The van der Waals surface area contributed by atoms with E-state index in [4.69, 9.17) is 4.74 Å². The molecule has 2 rings (SSSR count). The van der Waals surface area contributed by atoms with Crippen molar-refractivity contribution in [1.82, 2.24) is 10.3 Å². The first-order chi connectivity index (χ1) is 10.1. The van der Waals surface area contributed by atoms with E-state index in [0.29, 0.717) is 11.9 Å². The van der Waals surface area contributed by atoms with Gasteiger partial charge in [-0.15, -0.1) is 0 Å². The van der Waals surface area contributed by atoms with Crippen LogP contribution in [0.2, 0.25) is 0 Å². The molecule has 1 aromatic carbocycles. The number of aromatic nitrogens is 1. The number of rotatable bonds is 6. The van der Waals surface area contributed by atoms with Crippen LogP contribution >= 0.6 is 0 Å². The lowest BCUT2D eigenvalue weighted by atomic mass is 10.1. The zero-order valence-corrected chi connectivity index (χ0v) is 13.3. The molecule has 0 fully saturated rings. The molecule has 0 amide bonds. The predicted molar refractivity (Wildman–Crippen MR) is 86.9 cm³/mol. The van der Waals surface area contributed by atoms with Gasteiger partial charge < -0.3 is 10.1 Å². The first-order valence-corrected chi connectivity index (χ1v) is 7.55. The molecule has 0 aliphatic rings. The number of aryl methyl sites for hydroxylation is 1. The predicted octanol–water partition coefficient (Wildman–Crippen LogP) is 4.55. The van der Waals surface area contributed by atoms with Gasteiger partial charge in [-0.3, -0.25) is 0 Å². The van der Waals surface area contributed by atoms with Gasteiger partial charge in [-0.1, -0.05) is 19.1 Å². The summed E-state index contributed by atoms with van der Waals surface area (Å²) < 4.78 is 5.95. The third-order valence-corrected chi connectivity index (χ3v) is 3.73. The Labute approximate surface area is 127 Å². The number of nitrogens with zero attached hydrogens (tertiary/aromatic N) is 1. The van der Waals surface area contributed by atoms with Crippen LogP contribution in [0.3, 0.4) is 0 Å². The monoisotopic (exact) mass is 284 g/mol. The van der Waals surface area contributed by atoms with Gasteiger partial charge in [0.1, 0.15) is 5.75 Å². The Bertz CT molecular complexity index is 596. The molecule has 1 unspecified atom stereocenters. The Morgan fingerprint density at radius 1 is 1.24 bits per heavy atom. The van der Waals surface area contributed by atoms with E-state index >= 15 is 0 Å². The van der Waals surface area contributed by atoms with E-state index < -0.39 is 0 Å². The van der Waals surface area contributed by atoms with Crippen molar-refractivity contribution in [3.05, 3.63) is 53.2 Å². The van der Waals surface area contributed by atoms with E-state index in [1.807, 2.05) is 24.3 Å². The maximum Gasteiger partial charge on any atom is 0.219 e. The maximum atomic E-state index is 5.95. The minimum Gasteiger partial charge on any atom is -0.439 e. The molecule has 0 spiro atoms. The first-order valence-electron chi connectivity index (χ1n) is 7.55. The third-order valence-electron chi connectivity index (χ3n) is 3.73. The lowest BCUT2D eigenvalue weighted by molar-refractivity contribution is 0.456. The van der Waals surface area contributed by atoms with Crippen molar-refractivity contribution in [3.63, 3.8) is 0 Å². The molecule has 0 bridgehead atoms. The fraction of sp³-hybridized carbons (Fsp3) is 0.389. The third kappa shape index (κ3) is 4.05. The van der Waals surface area contributed by atoms with Gasteiger partial charge >= 0.3 is 0 Å². The van der Waals surface area contributed by atoms with Crippen molar-refractivity contribution in [3.8, 4) is 11.6 Å². The minimum absolute atomic E-state index is 0.300. The van der Waals surface area contributed by atoms with Crippen LogP contribution in [0.15, 0.2) is 36.5 Å². The van der Waals surface area contributed by atoms with Crippen LogP contribution in [-0.2, 0) is 0 Å². The Hall–Kier alpha value is -1.87. The Balaban J connectivity index is 2.16. The van der Waals surface area contributed by atoms with Gasteiger partial charge in [0.15, 0.2) is 0 Å². The summed E-state index contributed by atoms with van der Waals surface area (Å²) in [5.41, 5.74) is 3.57. The molecule has 0 aliphatic carbocycles. The van der Waals surface area contributed by atoms with Gasteiger partial charge in [0, 0.05) is 18.3 Å². The van der Waals surface area contributed by atoms with Gasteiger partial charge in [-0.2, -0.15) is 0 Å². The van der Waals surface area contributed by atoms with E-state index in [-0.39, 0.29) is 0 Å². The summed E-state index contributed by atoms with van der Waals surface area (Å²) in [7, 11) is 0. The standard InChI is InChI=1S/C18H24N2O/c1-5-10-19-15(4)16-9-11-20-18(12-16)21-17-8-6-7-13(2)14(17)3/h6-9,11-12,15,19H,5,10H2,1-4H3. The number of hydrogen-bond acceptors (Lipinski definition) is 3. The topological polar surface area (TPSA) is 34.2 Å². The number of ether oxygens (including phenoxy) is 1. The van der Waals surface area contributed by atoms with Crippen molar-refractivity contribution in [1.29, 1.82) is 0 Å². The molecule has 1 atom stereocenters. The minimum atomic E-state index is 0.300. The van der Waals surface area contributed by atoms with Crippen LogP contribution in [0.25, 0.3) is 0 Å². The van der Waals surface area contributed by atoms with Crippen LogP contribution < -0.4 is 10.1 Å². The van der Waals surface area contributed by atoms with E-state index in [9.17, 15) is 0 Å². The maximum absolute atomic E-state index is 5.95. The molecule has 0 saturated carbocycles. The number of benzene rings is 1. The molecule has 3 nitrogen and oxygen atoms in total. The SMILES string of the molecule is CCCNC(C)c1ccnc(Oc2cccc(C)c2C)c1. The zero-order chi connectivity index (χ0) is 15.2. The van der Waals surface area contributed by atoms with Gasteiger partial charge in [0.25, 0.3) is 0 Å². The normalized spacial score (nSPS) is 12.2. The summed E-state index contributed by atoms with van der Waals surface area (Å²) in [6, 6.07) is 10.4. The van der Waals surface area contributed by atoms with Crippen LogP contribution in [0.4, 0.5) is 0 Å². The molecular formula is C18H24N2O. The van der Waals surface area contributed by atoms with Gasteiger partial charge in [0.2, 0.25) is 5.88 Å². The van der Waals surface area contributed by atoms with Crippen LogP contribution in [0, 0.1) is 13.8 Å². The Morgan fingerprint density at radius 2 is 2.05 bits per heavy atom. The molecule has 112 valence electrons. The molecule has 1 N–H and O–H groups in total. The van der Waals surface area contributed by atoms with Crippen molar-refractivity contribution >= 4 is 0 Å². The van der Waals surface area contributed by atoms with E-state index in [1.54, 1.807) is 6.20 Å². The highest BCUT2D eigenvalue weighted by Crippen LogP contribution is 2.26. The number of hydrogen-bond donors (Lipinski definition) is 1. The summed E-state index contributed by atoms with van der Waals surface area (Å²) in [6.45, 7) is 9.49. The summed E-state index contributed by atoms with van der Waals surface area (Å²) in [5.74, 6) is 1.51. The highest BCUT2D eigenvalue weighted by molar-refractivity contribution is 5.40. The second-order valence-electron chi connectivity index (χ2n) is 5.40. The van der Waals surface area contributed by atoms with Crippen LogP contribution in [0.5, 0.6) is 11.6 Å². The van der Waals surface area contributed by atoms with E-state index in [1.165, 1.54) is 11.1 Å². The van der Waals surface area contributed by atoms with E-state index in [0.717, 1.165) is 24.3 Å². The fourth-order valence-electron chi connectivity index (χ4n) is 2.18. The van der Waals surface area contributed by atoms with Gasteiger partial charge in [-0.25, -0.2) is 4.98 Å².